The van der Waals surface area contributed by atoms with E-state index in [2.05, 4.69) is 21.0 Å². The highest BCUT2D eigenvalue weighted by Crippen LogP contribution is 2.15. The third kappa shape index (κ3) is 3.11. The molecule has 2 aromatic rings. The molecule has 0 aliphatic heterocycles. The van der Waals surface area contributed by atoms with Crippen molar-refractivity contribution in [1.82, 2.24) is 14.7 Å². The van der Waals surface area contributed by atoms with Gasteiger partial charge in [0.25, 0.3) is 11.5 Å². The number of hydrogen-bond donors (Lipinski definition) is 0. The van der Waals surface area contributed by atoms with E-state index in [4.69, 9.17) is 4.42 Å². The third-order valence-electron chi connectivity index (χ3n) is 2.55. The maximum atomic E-state index is 12.1. The fourth-order valence-electron chi connectivity index (χ4n) is 1.55. The van der Waals surface area contributed by atoms with Gasteiger partial charge < -0.3 is 9.32 Å². The molecule has 0 bridgehead atoms. The van der Waals surface area contributed by atoms with Crippen molar-refractivity contribution in [2.45, 2.75) is 6.54 Å². The first-order chi connectivity index (χ1) is 8.97. The molecule has 0 aromatic carbocycles. The van der Waals surface area contributed by atoms with Gasteiger partial charge in [0.05, 0.1) is 6.54 Å². The third-order valence-corrected chi connectivity index (χ3v) is 2.97. The monoisotopic (exact) mass is 325 g/mol. The molecular weight excluding hydrogens is 314 g/mol. The van der Waals surface area contributed by atoms with Gasteiger partial charge in [-0.05, 0) is 34.1 Å². The molecule has 100 valence electrons. The molecule has 0 aliphatic carbocycles. The Morgan fingerprint density at radius 3 is 2.74 bits per heavy atom. The molecule has 2 heterocycles. The lowest BCUT2D eigenvalue weighted by Crippen LogP contribution is -2.29. The first-order valence-corrected chi connectivity index (χ1v) is 6.30. The van der Waals surface area contributed by atoms with E-state index < -0.39 is 0 Å². The molecule has 0 fully saturated rings. The molecule has 0 atom stereocenters. The summed E-state index contributed by atoms with van der Waals surface area (Å²) in [5.74, 6) is 0.385. The van der Waals surface area contributed by atoms with E-state index in [1.165, 1.54) is 24.1 Å². The van der Waals surface area contributed by atoms with E-state index >= 15 is 0 Å². The first kappa shape index (κ1) is 13.5. The van der Waals surface area contributed by atoms with Gasteiger partial charge in [0.1, 0.15) is 11.5 Å². The summed E-state index contributed by atoms with van der Waals surface area (Å²) in [5.41, 5.74) is -0.0376. The minimum atomic E-state index is -0.275. The average Bonchev–Trinajstić information content (AvgIpc) is 2.77. The SMILES string of the molecule is CN(Cc1ccc(Br)o1)C(=O)c1ccc(=O)n(C)n1. The van der Waals surface area contributed by atoms with Crippen molar-refractivity contribution in [2.75, 3.05) is 7.05 Å². The van der Waals surface area contributed by atoms with Crippen molar-refractivity contribution in [3.8, 4) is 0 Å². The van der Waals surface area contributed by atoms with Crippen LogP contribution in [0.4, 0.5) is 0 Å². The molecule has 19 heavy (non-hydrogen) atoms. The highest BCUT2D eigenvalue weighted by atomic mass is 79.9. The molecule has 6 nitrogen and oxygen atoms in total. The van der Waals surface area contributed by atoms with Gasteiger partial charge in [-0.25, -0.2) is 4.68 Å². The Balaban J connectivity index is 2.14. The zero-order valence-electron chi connectivity index (χ0n) is 10.5. The van der Waals surface area contributed by atoms with Gasteiger partial charge in [-0.2, -0.15) is 5.10 Å². The van der Waals surface area contributed by atoms with E-state index in [0.717, 1.165) is 4.68 Å². The molecule has 0 spiro atoms. The second-order valence-corrected chi connectivity index (χ2v) is 4.83. The van der Waals surface area contributed by atoms with Crippen LogP contribution in [-0.2, 0) is 13.6 Å². The van der Waals surface area contributed by atoms with Gasteiger partial charge in [0.2, 0.25) is 0 Å². The van der Waals surface area contributed by atoms with Gasteiger partial charge in [-0.15, -0.1) is 0 Å². The van der Waals surface area contributed by atoms with Crippen molar-refractivity contribution in [3.05, 3.63) is 50.7 Å². The van der Waals surface area contributed by atoms with Gasteiger partial charge in [0.15, 0.2) is 4.67 Å². The van der Waals surface area contributed by atoms with E-state index in [1.807, 2.05) is 0 Å². The molecule has 0 aliphatic rings. The number of nitrogens with zero attached hydrogens (tertiary/aromatic N) is 3. The van der Waals surface area contributed by atoms with Crippen molar-refractivity contribution in [3.63, 3.8) is 0 Å². The standard InChI is InChI=1S/C12H12BrN3O3/c1-15(7-8-3-5-10(13)19-8)12(18)9-4-6-11(17)16(2)14-9/h3-6H,7H2,1-2H3. The number of furan rings is 1. The molecule has 0 radical (unpaired) electrons. The van der Waals surface area contributed by atoms with E-state index in [-0.39, 0.29) is 17.2 Å². The largest absolute Gasteiger partial charge is 0.452 e. The van der Waals surface area contributed by atoms with E-state index in [0.29, 0.717) is 17.0 Å². The van der Waals surface area contributed by atoms with Crippen LogP contribution in [-0.4, -0.2) is 27.6 Å². The maximum Gasteiger partial charge on any atom is 0.274 e. The van der Waals surface area contributed by atoms with Gasteiger partial charge >= 0.3 is 0 Å². The second-order valence-electron chi connectivity index (χ2n) is 4.05. The number of aryl methyl sites for hydroxylation is 1. The fraction of sp³-hybridized carbons (Fsp3) is 0.250. The van der Waals surface area contributed by atoms with E-state index in [1.54, 1.807) is 19.2 Å². The van der Waals surface area contributed by atoms with Crippen LogP contribution in [0.15, 0.2) is 38.1 Å². The van der Waals surface area contributed by atoms with Crippen LogP contribution in [0.2, 0.25) is 0 Å². The summed E-state index contributed by atoms with van der Waals surface area (Å²) in [6.45, 7) is 0.328. The molecule has 7 heteroatoms. The normalized spacial score (nSPS) is 10.5. The quantitative estimate of drug-likeness (QED) is 0.855. The molecular formula is C12H12BrN3O3. The second kappa shape index (κ2) is 5.40. The van der Waals surface area contributed by atoms with E-state index in [9.17, 15) is 9.59 Å². The number of aromatic nitrogens is 2. The Bertz CT molecular complexity index is 662. The fourth-order valence-corrected chi connectivity index (χ4v) is 1.89. The molecule has 0 unspecified atom stereocenters. The minimum Gasteiger partial charge on any atom is -0.452 e. The van der Waals surface area contributed by atoms with Crippen LogP contribution in [0.5, 0.6) is 0 Å². The van der Waals surface area contributed by atoms with Crippen molar-refractivity contribution >= 4 is 21.8 Å². The predicted molar refractivity (Wildman–Crippen MR) is 71.7 cm³/mol. The van der Waals surface area contributed by atoms with Crippen molar-refractivity contribution in [2.24, 2.45) is 7.05 Å². The predicted octanol–water partition coefficient (Wildman–Crippen LogP) is 1.41. The van der Waals surface area contributed by atoms with Crippen LogP contribution >= 0.6 is 15.9 Å². The van der Waals surface area contributed by atoms with Crippen LogP contribution in [0.3, 0.4) is 0 Å². The minimum absolute atomic E-state index is 0.218. The van der Waals surface area contributed by atoms with Crippen molar-refractivity contribution in [1.29, 1.82) is 0 Å². The number of amides is 1. The van der Waals surface area contributed by atoms with Gasteiger partial charge in [-0.1, -0.05) is 0 Å². The molecule has 0 N–H and O–H groups in total. The van der Waals surface area contributed by atoms with Gasteiger partial charge in [-0.3, -0.25) is 9.59 Å². The Kier molecular flexibility index (Phi) is 3.84. The summed E-state index contributed by atoms with van der Waals surface area (Å²) in [4.78, 5) is 24.8. The smallest absolute Gasteiger partial charge is 0.274 e. The molecule has 2 aromatic heterocycles. The summed E-state index contributed by atoms with van der Waals surface area (Å²) < 4.78 is 7.07. The lowest BCUT2D eigenvalue weighted by Gasteiger charge is -2.15. The van der Waals surface area contributed by atoms with Gasteiger partial charge in [0, 0.05) is 20.2 Å². The summed E-state index contributed by atoms with van der Waals surface area (Å²) in [6.07, 6.45) is 0. The lowest BCUT2D eigenvalue weighted by atomic mass is 10.3. The Morgan fingerprint density at radius 2 is 2.16 bits per heavy atom. The number of carbonyl (C=O) groups excluding carboxylic acids is 1. The Hall–Kier alpha value is -1.89. The van der Waals surface area contributed by atoms with Crippen LogP contribution in [0, 0.1) is 0 Å². The first-order valence-electron chi connectivity index (χ1n) is 5.51. The number of halogens is 1. The molecule has 2 rings (SSSR count). The van der Waals surface area contributed by atoms with Crippen LogP contribution in [0.1, 0.15) is 16.2 Å². The maximum absolute atomic E-state index is 12.1. The summed E-state index contributed by atoms with van der Waals surface area (Å²) in [7, 11) is 3.15. The van der Waals surface area contributed by atoms with Crippen LogP contribution < -0.4 is 5.56 Å². The number of rotatable bonds is 3. The zero-order valence-corrected chi connectivity index (χ0v) is 12.0. The average molecular weight is 326 g/mol. The topological polar surface area (TPSA) is 68.3 Å². The molecule has 0 saturated heterocycles. The summed E-state index contributed by atoms with van der Waals surface area (Å²) in [6, 6.07) is 6.27. The lowest BCUT2D eigenvalue weighted by molar-refractivity contribution is 0.0766. The summed E-state index contributed by atoms with van der Waals surface area (Å²) >= 11 is 3.20. The highest BCUT2D eigenvalue weighted by molar-refractivity contribution is 9.10. The van der Waals surface area contributed by atoms with Crippen molar-refractivity contribution < 1.29 is 9.21 Å². The highest BCUT2D eigenvalue weighted by Gasteiger charge is 2.15. The molecule has 0 saturated carbocycles. The number of hydrogen-bond acceptors (Lipinski definition) is 4. The zero-order chi connectivity index (χ0) is 14.0. The van der Waals surface area contributed by atoms with Crippen LogP contribution in [0.25, 0.3) is 0 Å². The number of carbonyl (C=O) groups is 1. The summed E-state index contributed by atoms with van der Waals surface area (Å²) in [5, 5.41) is 3.91. The Morgan fingerprint density at radius 1 is 1.42 bits per heavy atom. The Labute approximate surface area is 117 Å². The molecule has 1 amide bonds.